The third kappa shape index (κ3) is 5.71. The highest BCUT2D eigenvalue weighted by Crippen LogP contribution is 2.20. The number of ether oxygens (including phenoxy) is 1. The van der Waals surface area contributed by atoms with Crippen molar-refractivity contribution in [1.82, 2.24) is 30.2 Å². The third-order valence-electron chi connectivity index (χ3n) is 5.65. The normalized spacial score (nSPS) is 18.7. The zero-order valence-electron chi connectivity index (χ0n) is 19.3. The summed E-state index contributed by atoms with van der Waals surface area (Å²) in [4.78, 5) is 35.6. The number of carbonyl (C=O) groups is 1. The molecule has 2 aromatic heterocycles. The molecule has 3 heterocycles. The van der Waals surface area contributed by atoms with Gasteiger partial charge in [-0.2, -0.15) is 15.0 Å². The lowest BCUT2D eigenvalue weighted by atomic mass is 10.1. The molecule has 1 amide bonds. The first-order valence-electron chi connectivity index (χ1n) is 11.2. The van der Waals surface area contributed by atoms with Gasteiger partial charge in [0.05, 0.1) is 11.7 Å². The van der Waals surface area contributed by atoms with E-state index in [9.17, 15) is 4.79 Å². The summed E-state index contributed by atoms with van der Waals surface area (Å²) in [5, 5.41) is 6.06. The van der Waals surface area contributed by atoms with E-state index in [1.165, 1.54) is 0 Å². The summed E-state index contributed by atoms with van der Waals surface area (Å²) >= 11 is 0. The third-order valence-corrected chi connectivity index (χ3v) is 5.65. The van der Waals surface area contributed by atoms with E-state index in [2.05, 4.69) is 47.4 Å². The Balaban J connectivity index is 1.55. The molecule has 1 aliphatic heterocycles. The summed E-state index contributed by atoms with van der Waals surface area (Å²) in [6.07, 6.45) is 8.77. The van der Waals surface area contributed by atoms with Crippen molar-refractivity contribution >= 4 is 23.6 Å². The first-order chi connectivity index (χ1) is 16.1. The van der Waals surface area contributed by atoms with Crippen LogP contribution in [0.25, 0.3) is 0 Å². The number of likely N-dealkylation sites (N-methyl/N-ethyl adjacent to an activating group) is 1. The molecule has 0 spiro atoms. The standard InChI is InChI=1S/C23H30N8O2/c1-4-19-26-22(29-23(27-19)31-13-11-30(2)12-14-31)28-20-18(9-6-10-24-20)21(32)25-16-7-5-8-17(15-16)33-3/h5-7,9-10,15,17H,4,8,11-14H2,1-3H3,(H,25,32)(H,24,26,27,28,29). The van der Waals surface area contributed by atoms with Gasteiger partial charge in [-0.05, 0) is 37.8 Å². The molecule has 2 N–H and O–H groups in total. The van der Waals surface area contributed by atoms with Crippen molar-refractivity contribution in [3.8, 4) is 0 Å². The van der Waals surface area contributed by atoms with Crippen molar-refractivity contribution in [2.75, 3.05) is 50.6 Å². The van der Waals surface area contributed by atoms with Crippen LogP contribution in [0, 0.1) is 0 Å². The second-order valence-corrected chi connectivity index (χ2v) is 8.03. The molecule has 2 aliphatic rings. The number of allylic oxidation sites excluding steroid dienone is 1. The van der Waals surface area contributed by atoms with Crippen LogP contribution in [0.3, 0.4) is 0 Å². The van der Waals surface area contributed by atoms with Gasteiger partial charge in [0.1, 0.15) is 11.6 Å². The lowest BCUT2D eigenvalue weighted by Gasteiger charge is -2.32. The molecule has 0 saturated carbocycles. The maximum atomic E-state index is 13.0. The van der Waals surface area contributed by atoms with Crippen LogP contribution in [-0.2, 0) is 11.2 Å². The number of piperazine rings is 1. The largest absolute Gasteiger partial charge is 0.377 e. The van der Waals surface area contributed by atoms with Crippen LogP contribution in [-0.4, -0.2) is 77.2 Å². The number of rotatable bonds is 7. The van der Waals surface area contributed by atoms with Crippen LogP contribution < -0.4 is 15.5 Å². The Morgan fingerprint density at radius 2 is 2.03 bits per heavy atom. The summed E-state index contributed by atoms with van der Waals surface area (Å²) in [5.41, 5.74) is 1.09. The van der Waals surface area contributed by atoms with E-state index < -0.39 is 0 Å². The Morgan fingerprint density at radius 1 is 1.21 bits per heavy atom. The molecule has 0 bridgehead atoms. The molecule has 1 aliphatic carbocycles. The van der Waals surface area contributed by atoms with Gasteiger partial charge in [0.15, 0.2) is 0 Å². The fourth-order valence-electron chi connectivity index (χ4n) is 3.66. The van der Waals surface area contributed by atoms with Crippen LogP contribution >= 0.6 is 0 Å². The molecule has 1 unspecified atom stereocenters. The lowest BCUT2D eigenvalue weighted by molar-refractivity contribution is 0.0965. The average Bonchev–Trinajstić information content (AvgIpc) is 2.84. The van der Waals surface area contributed by atoms with Gasteiger partial charge in [0, 0.05) is 51.6 Å². The monoisotopic (exact) mass is 450 g/mol. The number of pyridine rings is 1. The minimum atomic E-state index is -0.276. The second kappa shape index (κ2) is 10.5. The summed E-state index contributed by atoms with van der Waals surface area (Å²) < 4.78 is 5.37. The van der Waals surface area contributed by atoms with Gasteiger partial charge in [0.25, 0.3) is 5.91 Å². The first-order valence-corrected chi connectivity index (χ1v) is 11.2. The Bertz CT molecular complexity index is 1050. The zero-order chi connectivity index (χ0) is 23.2. The van der Waals surface area contributed by atoms with E-state index >= 15 is 0 Å². The SMILES string of the molecule is CCc1nc(Nc2ncccc2C(=O)NC2=CC(OC)CC=C2)nc(N2CCN(C)CC2)n1. The maximum Gasteiger partial charge on any atom is 0.259 e. The minimum Gasteiger partial charge on any atom is -0.377 e. The van der Waals surface area contributed by atoms with Gasteiger partial charge >= 0.3 is 0 Å². The zero-order valence-corrected chi connectivity index (χ0v) is 19.3. The highest BCUT2D eigenvalue weighted by molar-refractivity contribution is 6.00. The number of amides is 1. The highest BCUT2D eigenvalue weighted by Gasteiger charge is 2.20. The summed E-state index contributed by atoms with van der Waals surface area (Å²) in [6, 6.07) is 3.44. The Morgan fingerprint density at radius 3 is 2.79 bits per heavy atom. The molecular weight excluding hydrogens is 420 g/mol. The molecule has 10 heteroatoms. The van der Waals surface area contributed by atoms with E-state index in [1.807, 2.05) is 25.2 Å². The van der Waals surface area contributed by atoms with Crippen molar-refractivity contribution < 1.29 is 9.53 Å². The quantitative estimate of drug-likeness (QED) is 0.654. The molecule has 0 aromatic carbocycles. The summed E-state index contributed by atoms with van der Waals surface area (Å²) in [7, 11) is 3.76. The number of hydrogen-bond acceptors (Lipinski definition) is 9. The van der Waals surface area contributed by atoms with Gasteiger partial charge in [-0.15, -0.1) is 0 Å². The maximum absolute atomic E-state index is 13.0. The predicted molar refractivity (Wildman–Crippen MR) is 127 cm³/mol. The van der Waals surface area contributed by atoms with E-state index in [0.717, 1.165) is 32.6 Å². The number of nitrogens with zero attached hydrogens (tertiary/aromatic N) is 6. The van der Waals surface area contributed by atoms with Crippen molar-refractivity contribution in [2.24, 2.45) is 0 Å². The molecule has 10 nitrogen and oxygen atoms in total. The van der Waals surface area contributed by atoms with Crippen LogP contribution in [0.15, 0.2) is 42.3 Å². The number of hydrogen-bond donors (Lipinski definition) is 2. The van der Waals surface area contributed by atoms with Gasteiger partial charge in [-0.1, -0.05) is 13.0 Å². The molecule has 1 fully saturated rings. The topological polar surface area (TPSA) is 108 Å². The Hall–Kier alpha value is -3.37. The predicted octanol–water partition coefficient (Wildman–Crippen LogP) is 1.91. The number of aryl methyl sites for hydroxylation is 1. The van der Waals surface area contributed by atoms with E-state index in [-0.39, 0.29) is 12.0 Å². The van der Waals surface area contributed by atoms with Crippen molar-refractivity contribution in [3.63, 3.8) is 0 Å². The summed E-state index contributed by atoms with van der Waals surface area (Å²) in [6.45, 7) is 5.62. The smallest absolute Gasteiger partial charge is 0.259 e. The number of methoxy groups -OCH3 is 1. The number of nitrogens with one attached hydrogen (secondary N) is 2. The van der Waals surface area contributed by atoms with Crippen LogP contribution in [0.2, 0.25) is 0 Å². The van der Waals surface area contributed by atoms with Gasteiger partial charge < -0.3 is 25.2 Å². The fraction of sp³-hybridized carbons (Fsp3) is 0.435. The van der Waals surface area contributed by atoms with Gasteiger partial charge in [-0.3, -0.25) is 4.79 Å². The molecule has 0 radical (unpaired) electrons. The molecule has 1 atom stereocenters. The fourth-order valence-corrected chi connectivity index (χ4v) is 3.66. The van der Waals surface area contributed by atoms with Crippen molar-refractivity contribution in [1.29, 1.82) is 0 Å². The minimum absolute atomic E-state index is 0.0533. The summed E-state index contributed by atoms with van der Waals surface area (Å²) in [5.74, 6) is 1.81. The number of carbonyl (C=O) groups excluding carboxylic acids is 1. The number of aromatic nitrogens is 4. The Labute approximate surface area is 193 Å². The molecule has 1 saturated heterocycles. The van der Waals surface area contributed by atoms with Crippen LogP contribution in [0.1, 0.15) is 29.5 Å². The van der Waals surface area contributed by atoms with Gasteiger partial charge in [-0.25, -0.2) is 4.98 Å². The van der Waals surface area contributed by atoms with E-state index in [4.69, 9.17) is 4.74 Å². The molecule has 2 aromatic rings. The molecule has 174 valence electrons. The van der Waals surface area contributed by atoms with E-state index in [0.29, 0.717) is 41.2 Å². The highest BCUT2D eigenvalue weighted by atomic mass is 16.5. The Kier molecular flexibility index (Phi) is 7.26. The van der Waals surface area contributed by atoms with Crippen LogP contribution in [0.4, 0.5) is 17.7 Å². The molecular formula is C23H30N8O2. The lowest BCUT2D eigenvalue weighted by Crippen LogP contribution is -2.45. The molecule has 33 heavy (non-hydrogen) atoms. The average molecular weight is 451 g/mol. The second-order valence-electron chi connectivity index (χ2n) is 8.03. The number of anilines is 3. The molecule has 4 rings (SSSR count). The van der Waals surface area contributed by atoms with Crippen molar-refractivity contribution in [3.05, 3.63) is 53.6 Å². The van der Waals surface area contributed by atoms with E-state index in [1.54, 1.807) is 25.4 Å². The van der Waals surface area contributed by atoms with Gasteiger partial charge in [0.2, 0.25) is 11.9 Å². The van der Waals surface area contributed by atoms with Crippen LogP contribution in [0.5, 0.6) is 0 Å². The van der Waals surface area contributed by atoms with Crippen molar-refractivity contribution in [2.45, 2.75) is 25.9 Å². The first kappa shape index (κ1) is 22.8.